The molecule has 0 unspecified atom stereocenters. The number of methoxy groups -OCH3 is 2. The topological polar surface area (TPSA) is 69.4 Å². The van der Waals surface area contributed by atoms with Crippen LogP contribution >= 0.6 is 0 Å². The first-order valence-corrected chi connectivity index (χ1v) is 4.33. The van der Waals surface area contributed by atoms with Crippen LogP contribution in [0.2, 0.25) is 0 Å². The normalized spacial score (nSPS) is 10.8. The van der Waals surface area contributed by atoms with E-state index in [-0.39, 0.29) is 6.61 Å². The molecule has 0 aliphatic rings. The van der Waals surface area contributed by atoms with Gasteiger partial charge in [0, 0.05) is 14.2 Å². The number of hydrogen-bond acceptors (Lipinski definition) is 5. The monoisotopic (exact) mass is 201 g/mol. The second kappa shape index (κ2) is 5.69. The third-order valence-corrected chi connectivity index (χ3v) is 1.86. The Balaban J connectivity index is 2.75. The molecule has 0 fully saturated rings. The summed E-state index contributed by atoms with van der Waals surface area (Å²) in [4.78, 5) is 0. The Hall–Kier alpha value is -0.980. The van der Waals surface area contributed by atoms with Gasteiger partial charge in [-0.3, -0.25) is 0 Å². The predicted molar refractivity (Wildman–Crippen MR) is 48.5 cm³/mol. The van der Waals surface area contributed by atoms with Crippen LogP contribution in [0.25, 0.3) is 0 Å². The molecule has 6 nitrogen and oxygen atoms in total. The molecule has 0 amide bonds. The first-order valence-electron chi connectivity index (χ1n) is 4.33. The number of ether oxygens (including phenoxy) is 2. The van der Waals surface area contributed by atoms with E-state index in [4.69, 9.17) is 14.6 Å². The standard InChI is InChI=1S/C8H15N3O3/c1-13-4-3-11-8(6-14-2)7(5-12)9-10-11/h12H,3-6H2,1-2H3. The molecule has 0 atom stereocenters. The molecule has 1 rings (SSSR count). The molecule has 0 aliphatic carbocycles. The van der Waals surface area contributed by atoms with Crippen LogP contribution in [0.5, 0.6) is 0 Å². The first-order chi connectivity index (χ1) is 6.83. The minimum Gasteiger partial charge on any atom is -0.390 e. The van der Waals surface area contributed by atoms with Gasteiger partial charge in [0.05, 0.1) is 32.1 Å². The van der Waals surface area contributed by atoms with E-state index in [2.05, 4.69) is 10.3 Å². The molecule has 6 heteroatoms. The number of nitrogens with zero attached hydrogens (tertiary/aromatic N) is 3. The fourth-order valence-corrected chi connectivity index (χ4v) is 1.14. The third-order valence-electron chi connectivity index (χ3n) is 1.86. The van der Waals surface area contributed by atoms with Crippen LogP contribution in [0.15, 0.2) is 0 Å². The van der Waals surface area contributed by atoms with Gasteiger partial charge in [0.15, 0.2) is 0 Å². The van der Waals surface area contributed by atoms with Gasteiger partial charge in [-0.2, -0.15) is 0 Å². The minimum absolute atomic E-state index is 0.119. The van der Waals surface area contributed by atoms with E-state index in [0.717, 1.165) is 5.69 Å². The zero-order chi connectivity index (χ0) is 10.4. The largest absolute Gasteiger partial charge is 0.390 e. The van der Waals surface area contributed by atoms with Crippen molar-refractivity contribution in [1.82, 2.24) is 15.0 Å². The van der Waals surface area contributed by atoms with Crippen molar-refractivity contribution in [3.63, 3.8) is 0 Å². The SMILES string of the molecule is COCCn1nnc(CO)c1COC. The summed E-state index contributed by atoms with van der Waals surface area (Å²) in [5.41, 5.74) is 1.36. The maximum Gasteiger partial charge on any atom is 0.114 e. The van der Waals surface area contributed by atoms with E-state index in [1.54, 1.807) is 18.9 Å². The Morgan fingerprint density at radius 2 is 2.14 bits per heavy atom. The second-order valence-electron chi connectivity index (χ2n) is 2.79. The van der Waals surface area contributed by atoms with Gasteiger partial charge in [0.25, 0.3) is 0 Å². The van der Waals surface area contributed by atoms with Crippen LogP contribution in [0.1, 0.15) is 11.4 Å². The van der Waals surface area contributed by atoms with Crippen molar-refractivity contribution < 1.29 is 14.6 Å². The summed E-state index contributed by atoms with van der Waals surface area (Å²) in [6, 6.07) is 0. The van der Waals surface area contributed by atoms with Gasteiger partial charge in [-0.05, 0) is 0 Å². The summed E-state index contributed by atoms with van der Waals surface area (Å²) in [6.07, 6.45) is 0. The van der Waals surface area contributed by atoms with Crippen LogP contribution < -0.4 is 0 Å². The number of aromatic nitrogens is 3. The van der Waals surface area contributed by atoms with Crippen LogP contribution in [-0.2, 0) is 29.2 Å². The van der Waals surface area contributed by atoms with Crippen LogP contribution in [0.3, 0.4) is 0 Å². The van der Waals surface area contributed by atoms with Crippen molar-refractivity contribution >= 4 is 0 Å². The smallest absolute Gasteiger partial charge is 0.114 e. The molecule has 1 aromatic heterocycles. The maximum atomic E-state index is 8.98. The summed E-state index contributed by atoms with van der Waals surface area (Å²) >= 11 is 0. The van der Waals surface area contributed by atoms with Gasteiger partial charge < -0.3 is 14.6 Å². The summed E-state index contributed by atoms with van der Waals surface area (Å²) in [7, 11) is 3.22. The molecule has 1 heterocycles. The molecule has 0 aliphatic heterocycles. The molecule has 80 valence electrons. The molecule has 0 radical (unpaired) electrons. The summed E-state index contributed by atoms with van der Waals surface area (Å²) in [6.45, 7) is 1.45. The molecule has 14 heavy (non-hydrogen) atoms. The van der Waals surface area contributed by atoms with Crippen LogP contribution in [-0.4, -0.2) is 40.9 Å². The van der Waals surface area contributed by atoms with Gasteiger partial charge in [-0.25, -0.2) is 4.68 Å². The zero-order valence-electron chi connectivity index (χ0n) is 8.43. The Morgan fingerprint density at radius 3 is 2.71 bits per heavy atom. The molecule has 1 N–H and O–H groups in total. The Labute approximate surface area is 82.4 Å². The van der Waals surface area contributed by atoms with E-state index in [1.165, 1.54) is 0 Å². The molecule has 0 saturated carbocycles. The quantitative estimate of drug-likeness (QED) is 0.676. The van der Waals surface area contributed by atoms with Gasteiger partial charge in [-0.1, -0.05) is 5.21 Å². The predicted octanol–water partition coefficient (Wildman–Crippen LogP) is -0.437. The molecular weight excluding hydrogens is 186 g/mol. The average molecular weight is 201 g/mol. The number of aliphatic hydroxyl groups excluding tert-OH is 1. The fourth-order valence-electron chi connectivity index (χ4n) is 1.14. The number of aliphatic hydroxyl groups is 1. The Kier molecular flexibility index (Phi) is 4.51. The lowest BCUT2D eigenvalue weighted by Gasteiger charge is -2.05. The highest BCUT2D eigenvalue weighted by Gasteiger charge is 2.10. The van der Waals surface area contributed by atoms with E-state index in [0.29, 0.717) is 25.5 Å². The van der Waals surface area contributed by atoms with Crippen LogP contribution in [0, 0.1) is 0 Å². The second-order valence-corrected chi connectivity index (χ2v) is 2.79. The van der Waals surface area contributed by atoms with Crippen molar-refractivity contribution in [2.24, 2.45) is 0 Å². The molecular formula is C8H15N3O3. The average Bonchev–Trinajstić information content (AvgIpc) is 2.58. The summed E-state index contributed by atoms with van der Waals surface area (Å²) in [5, 5.41) is 16.7. The van der Waals surface area contributed by atoms with Crippen molar-refractivity contribution in [3.05, 3.63) is 11.4 Å². The lowest BCUT2D eigenvalue weighted by molar-refractivity contribution is 0.159. The van der Waals surface area contributed by atoms with E-state index in [9.17, 15) is 0 Å². The van der Waals surface area contributed by atoms with Gasteiger partial charge in [0.1, 0.15) is 5.69 Å². The molecule has 0 aromatic carbocycles. The summed E-state index contributed by atoms with van der Waals surface area (Å²) < 4.78 is 11.6. The highest BCUT2D eigenvalue weighted by atomic mass is 16.5. The van der Waals surface area contributed by atoms with Crippen molar-refractivity contribution in [3.8, 4) is 0 Å². The van der Waals surface area contributed by atoms with Gasteiger partial charge in [0.2, 0.25) is 0 Å². The fraction of sp³-hybridized carbons (Fsp3) is 0.750. The number of hydrogen-bond donors (Lipinski definition) is 1. The van der Waals surface area contributed by atoms with Crippen LogP contribution in [0.4, 0.5) is 0 Å². The highest BCUT2D eigenvalue weighted by molar-refractivity contribution is 5.07. The highest BCUT2D eigenvalue weighted by Crippen LogP contribution is 2.06. The Morgan fingerprint density at radius 1 is 1.36 bits per heavy atom. The third kappa shape index (κ3) is 2.50. The lowest BCUT2D eigenvalue weighted by Crippen LogP contribution is -2.11. The Bertz CT molecular complexity index is 275. The van der Waals surface area contributed by atoms with E-state index < -0.39 is 0 Å². The van der Waals surface area contributed by atoms with Crippen molar-refractivity contribution in [1.29, 1.82) is 0 Å². The molecule has 1 aromatic rings. The molecule has 0 saturated heterocycles. The minimum atomic E-state index is -0.119. The van der Waals surface area contributed by atoms with Gasteiger partial charge in [-0.15, -0.1) is 5.10 Å². The maximum absolute atomic E-state index is 8.98. The zero-order valence-corrected chi connectivity index (χ0v) is 8.43. The van der Waals surface area contributed by atoms with Crippen molar-refractivity contribution in [2.75, 3.05) is 20.8 Å². The first kappa shape index (κ1) is 11.1. The molecule has 0 bridgehead atoms. The van der Waals surface area contributed by atoms with E-state index >= 15 is 0 Å². The lowest BCUT2D eigenvalue weighted by atomic mass is 10.3. The van der Waals surface area contributed by atoms with Gasteiger partial charge >= 0.3 is 0 Å². The van der Waals surface area contributed by atoms with E-state index in [1.807, 2.05) is 0 Å². The summed E-state index contributed by atoms with van der Waals surface area (Å²) in [5.74, 6) is 0. The molecule has 0 spiro atoms. The number of rotatable bonds is 6. The van der Waals surface area contributed by atoms with Crippen molar-refractivity contribution in [2.45, 2.75) is 19.8 Å².